The first-order chi connectivity index (χ1) is 9.20. The standard InChI is InChI=1S/C16H23NO2/c1-13-5-3-4-6-15(13)7-8-16(18)17-10-9-14(11-17)12-19-2/h3-6,14H,7-12H2,1-2H3/t14-/m0/s1. The van der Waals surface area contributed by atoms with E-state index in [4.69, 9.17) is 4.74 Å². The Hall–Kier alpha value is -1.35. The van der Waals surface area contributed by atoms with Gasteiger partial charge in [0.25, 0.3) is 0 Å². The normalized spacial score (nSPS) is 18.8. The molecule has 0 radical (unpaired) electrons. The van der Waals surface area contributed by atoms with E-state index < -0.39 is 0 Å². The maximum Gasteiger partial charge on any atom is 0.222 e. The van der Waals surface area contributed by atoms with Crippen molar-refractivity contribution in [1.29, 1.82) is 0 Å². The molecular weight excluding hydrogens is 238 g/mol. The number of amides is 1. The highest BCUT2D eigenvalue weighted by Gasteiger charge is 2.25. The smallest absolute Gasteiger partial charge is 0.222 e. The van der Waals surface area contributed by atoms with Gasteiger partial charge in [-0.2, -0.15) is 0 Å². The highest BCUT2D eigenvalue weighted by molar-refractivity contribution is 5.76. The molecule has 0 saturated carbocycles. The van der Waals surface area contributed by atoms with E-state index in [1.807, 2.05) is 17.0 Å². The molecule has 1 aromatic rings. The number of hydrogen-bond acceptors (Lipinski definition) is 2. The SMILES string of the molecule is COC[C@H]1CCN(C(=O)CCc2ccccc2C)C1. The van der Waals surface area contributed by atoms with Crippen LogP contribution in [0.4, 0.5) is 0 Å². The molecule has 3 nitrogen and oxygen atoms in total. The Kier molecular flexibility index (Phi) is 4.97. The molecule has 104 valence electrons. The fourth-order valence-electron chi connectivity index (χ4n) is 2.72. The maximum absolute atomic E-state index is 12.2. The van der Waals surface area contributed by atoms with E-state index in [0.717, 1.165) is 32.5 Å². The van der Waals surface area contributed by atoms with Gasteiger partial charge in [-0.05, 0) is 30.9 Å². The number of carbonyl (C=O) groups is 1. The van der Waals surface area contributed by atoms with Crippen LogP contribution in [-0.4, -0.2) is 37.6 Å². The second kappa shape index (κ2) is 6.71. The van der Waals surface area contributed by atoms with Crippen LogP contribution in [-0.2, 0) is 16.0 Å². The fourth-order valence-corrected chi connectivity index (χ4v) is 2.72. The van der Waals surface area contributed by atoms with E-state index in [1.54, 1.807) is 7.11 Å². The topological polar surface area (TPSA) is 29.5 Å². The van der Waals surface area contributed by atoms with Crippen LogP contribution in [0.25, 0.3) is 0 Å². The van der Waals surface area contributed by atoms with Gasteiger partial charge >= 0.3 is 0 Å². The summed E-state index contributed by atoms with van der Waals surface area (Å²) in [6.07, 6.45) is 2.53. The van der Waals surface area contributed by atoms with Gasteiger partial charge < -0.3 is 9.64 Å². The van der Waals surface area contributed by atoms with E-state index in [2.05, 4.69) is 19.1 Å². The summed E-state index contributed by atoms with van der Waals surface area (Å²) < 4.78 is 5.16. The number of methoxy groups -OCH3 is 1. The monoisotopic (exact) mass is 261 g/mol. The molecule has 1 aromatic carbocycles. The molecule has 1 atom stereocenters. The lowest BCUT2D eigenvalue weighted by atomic mass is 10.0. The summed E-state index contributed by atoms with van der Waals surface area (Å²) in [7, 11) is 1.72. The lowest BCUT2D eigenvalue weighted by Crippen LogP contribution is -2.29. The largest absolute Gasteiger partial charge is 0.384 e. The minimum Gasteiger partial charge on any atom is -0.384 e. The molecule has 0 aromatic heterocycles. The number of rotatable bonds is 5. The number of likely N-dealkylation sites (tertiary alicyclic amines) is 1. The molecule has 3 heteroatoms. The Bertz CT molecular complexity index is 431. The highest BCUT2D eigenvalue weighted by Crippen LogP contribution is 2.18. The van der Waals surface area contributed by atoms with Crippen LogP contribution >= 0.6 is 0 Å². The molecule has 1 saturated heterocycles. The van der Waals surface area contributed by atoms with Gasteiger partial charge in [0.2, 0.25) is 5.91 Å². The Balaban J connectivity index is 1.81. The molecular formula is C16H23NO2. The predicted molar refractivity (Wildman–Crippen MR) is 76.1 cm³/mol. The molecule has 19 heavy (non-hydrogen) atoms. The molecule has 1 aliphatic rings. The van der Waals surface area contributed by atoms with Crippen LogP contribution in [0.2, 0.25) is 0 Å². The molecule has 2 rings (SSSR count). The van der Waals surface area contributed by atoms with Crippen molar-refractivity contribution in [3.8, 4) is 0 Å². The van der Waals surface area contributed by atoms with Crippen LogP contribution in [0.15, 0.2) is 24.3 Å². The zero-order valence-corrected chi connectivity index (χ0v) is 11.9. The molecule has 0 bridgehead atoms. The van der Waals surface area contributed by atoms with Gasteiger partial charge in [-0.25, -0.2) is 0 Å². The quantitative estimate of drug-likeness (QED) is 0.814. The summed E-state index contributed by atoms with van der Waals surface area (Å²) in [6.45, 7) is 4.62. The summed E-state index contributed by atoms with van der Waals surface area (Å²) in [6, 6.07) is 8.29. The van der Waals surface area contributed by atoms with Crippen LogP contribution in [0, 0.1) is 12.8 Å². The third kappa shape index (κ3) is 3.80. The van der Waals surface area contributed by atoms with E-state index >= 15 is 0 Å². The van der Waals surface area contributed by atoms with Gasteiger partial charge in [0.15, 0.2) is 0 Å². The van der Waals surface area contributed by atoms with Crippen molar-refractivity contribution in [2.75, 3.05) is 26.8 Å². The zero-order chi connectivity index (χ0) is 13.7. The van der Waals surface area contributed by atoms with Gasteiger partial charge in [0, 0.05) is 32.5 Å². The van der Waals surface area contributed by atoms with E-state index in [1.165, 1.54) is 11.1 Å². The van der Waals surface area contributed by atoms with Crippen molar-refractivity contribution in [2.45, 2.75) is 26.2 Å². The summed E-state index contributed by atoms with van der Waals surface area (Å²) in [5.74, 6) is 0.800. The van der Waals surface area contributed by atoms with Gasteiger partial charge in [-0.1, -0.05) is 24.3 Å². The average Bonchev–Trinajstić information content (AvgIpc) is 2.87. The average molecular weight is 261 g/mol. The van der Waals surface area contributed by atoms with E-state index in [0.29, 0.717) is 12.3 Å². The summed E-state index contributed by atoms with van der Waals surface area (Å²) in [4.78, 5) is 14.2. The molecule has 0 N–H and O–H groups in total. The third-order valence-electron chi connectivity index (χ3n) is 3.91. The number of aryl methyl sites for hydroxylation is 2. The summed E-state index contributed by atoms with van der Waals surface area (Å²) >= 11 is 0. The maximum atomic E-state index is 12.2. The Morgan fingerprint density at radius 3 is 2.95 bits per heavy atom. The number of benzene rings is 1. The third-order valence-corrected chi connectivity index (χ3v) is 3.91. The van der Waals surface area contributed by atoms with Gasteiger partial charge in [0.05, 0.1) is 6.61 Å². The van der Waals surface area contributed by atoms with E-state index in [9.17, 15) is 4.79 Å². The number of hydrogen-bond donors (Lipinski definition) is 0. The summed E-state index contributed by atoms with van der Waals surface area (Å²) in [5, 5.41) is 0. The molecule has 1 fully saturated rings. The Morgan fingerprint density at radius 1 is 1.42 bits per heavy atom. The van der Waals surface area contributed by atoms with Gasteiger partial charge in [-0.3, -0.25) is 4.79 Å². The summed E-state index contributed by atoms with van der Waals surface area (Å²) in [5.41, 5.74) is 2.55. The van der Waals surface area contributed by atoms with Crippen LogP contribution in [0.5, 0.6) is 0 Å². The second-order valence-electron chi connectivity index (χ2n) is 5.38. The number of carbonyl (C=O) groups excluding carboxylic acids is 1. The number of ether oxygens (including phenoxy) is 1. The molecule has 1 amide bonds. The van der Waals surface area contributed by atoms with Crippen molar-refractivity contribution >= 4 is 5.91 Å². The first kappa shape index (κ1) is 14.1. The zero-order valence-electron chi connectivity index (χ0n) is 11.9. The molecule has 0 spiro atoms. The first-order valence-corrected chi connectivity index (χ1v) is 7.02. The first-order valence-electron chi connectivity index (χ1n) is 7.02. The van der Waals surface area contributed by atoms with Crippen LogP contribution < -0.4 is 0 Å². The lowest BCUT2D eigenvalue weighted by molar-refractivity contribution is -0.130. The van der Waals surface area contributed by atoms with Gasteiger partial charge in [-0.15, -0.1) is 0 Å². The highest BCUT2D eigenvalue weighted by atomic mass is 16.5. The van der Waals surface area contributed by atoms with Gasteiger partial charge in [0.1, 0.15) is 0 Å². The van der Waals surface area contributed by atoms with Crippen molar-refractivity contribution in [3.63, 3.8) is 0 Å². The van der Waals surface area contributed by atoms with Crippen molar-refractivity contribution in [1.82, 2.24) is 4.90 Å². The molecule has 1 aliphatic heterocycles. The van der Waals surface area contributed by atoms with Crippen LogP contribution in [0.3, 0.4) is 0 Å². The second-order valence-corrected chi connectivity index (χ2v) is 5.38. The minimum atomic E-state index is 0.279. The molecule has 0 unspecified atom stereocenters. The number of nitrogens with zero attached hydrogens (tertiary/aromatic N) is 1. The fraction of sp³-hybridized carbons (Fsp3) is 0.562. The lowest BCUT2D eigenvalue weighted by Gasteiger charge is -2.16. The molecule has 0 aliphatic carbocycles. The van der Waals surface area contributed by atoms with Crippen LogP contribution in [0.1, 0.15) is 24.0 Å². The van der Waals surface area contributed by atoms with Crippen molar-refractivity contribution in [2.24, 2.45) is 5.92 Å². The van der Waals surface area contributed by atoms with E-state index in [-0.39, 0.29) is 5.91 Å². The minimum absolute atomic E-state index is 0.279. The van der Waals surface area contributed by atoms with Crippen molar-refractivity contribution in [3.05, 3.63) is 35.4 Å². The Labute approximate surface area is 115 Å². The molecule has 1 heterocycles. The van der Waals surface area contributed by atoms with Crippen molar-refractivity contribution < 1.29 is 9.53 Å². The predicted octanol–water partition coefficient (Wildman–Crippen LogP) is 2.42. The Morgan fingerprint density at radius 2 is 2.21 bits per heavy atom.